The van der Waals surface area contributed by atoms with Crippen molar-refractivity contribution < 1.29 is 4.52 Å². The summed E-state index contributed by atoms with van der Waals surface area (Å²) in [5.41, 5.74) is 4.08. The van der Waals surface area contributed by atoms with Gasteiger partial charge in [-0.3, -0.25) is 0 Å². The molecule has 2 heterocycles. The van der Waals surface area contributed by atoms with Gasteiger partial charge in [-0.1, -0.05) is 35.5 Å². The molecule has 108 valence electrons. The molecule has 5 heteroatoms. The van der Waals surface area contributed by atoms with E-state index in [0.717, 1.165) is 29.4 Å². The smallest absolute Gasteiger partial charge is 0.227 e. The van der Waals surface area contributed by atoms with Gasteiger partial charge in [0.1, 0.15) is 0 Å². The van der Waals surface area contributed by atoms with E-state index in [1.165, 1.54) is 5.56 Å². The quantitative estimate of drug-likeness (QED) is 0.625. The number of imidazole rings is 1. The topological polar surface area (TPSA) is 67.6 Å². The Balaban J connectivity index is 1.53. The molecule has 2 aromatic heterocycles. The number of rotatable bonds is 4. The SMILES string of the molecule is c1ccc(CCc2nc(-c3ccc4nc[nH]c4c3)no2)cc1. The Labute approximate surface area is 127 Å². The van der Waals surface area contributed by atoms with Gasteiger partial charge in [0, 0.05) is 12.0 Å². The number of H-pyrrole nitrogens is 1. The molecule has 22 heavy (non-hydrogen) atoms. The van der Waals surface area contributed by atoms with E-state index in [4.69, 9.17) is 4.52 Å². The molecule has 2 aromatic carbocycles. The average molecular weight is 290 g/mol. The molecule has 0 saturated heterocycles. The van der Waals surface area contributed by atoms with Crippen molar-refractivity contribution in [1.29, 1.82) is 0 Å². The normalized spacial score (nSPS) is 11.1. The van der Waals surface area contributed by atoms with Gasteiger partial charge < -0.3 is 9.51 Å². The van der Waals surface area contributed by atoms with Crippen LogP contribution >= 0.6 is 0 Å². The van der Waals surface area contributed by atoms with E-state index >= 15 is 0 Å². The summed E-state index contributed by atoms with van der Waals surface area (Å²) in [7, 11) is 0. The van der Waals surface area contributed by atoms with Gasteiger partial charge in [0.25, 0.3) is 0 Å². The molecule has 0 spiro atoms. The first-order chi connectivity index (χ1) is 10.9. The third-order valence-corrected chi connectivity index (χ3v) is 3.62. The van der Waals surface area contributed by atoms with Crippen molar-refractivity contribution in [2.45, 2.75) is 12.8 Å². The molecule has 0 fully saturated rings. The fourth-order valence-corrected chi connectivity index (χ4v) is 2.44. The highest BCUT2D eigenvalue weighted by atomic mass is 16.5. The minimum Gasteiger partial charge on any atom is -0.345 e. The highest BCUT2D eigenvalue weighted by molar-refractivity contribution is 5.79. The van der Waals surface area contributed by atoms with Gasteiger partial charge in [-0.15, -0.1) is 0 Å². The van der Waals surface area contributed by atoms with Gasteiger partial charge >= 0.3 is 0 Å². The maximum atomic E-state index is 5.35. The number of benzene rings is 2. The minimum absolute atomic E-state index is 0.611. The molecule has 0 radical (unpaired) electrons. The van der Waals surface area contributed by atoms with E-state index in [0.29, 0.717) is 11.7 Å². The molecule has 0 aliphatic heterocycles. The summed E-state index contributed by atoms with van der Waals surface area (Å²) >= 11 is 0. The molecule has 4 rings (SSSR count). The molecule has 0 amide bonds. The predicted molar refractivity (Wildman–Crippen MR) is 83.2 cm³/mol. The van der Waals surface area contributed by atoms with E-state index in [2.05, 4.69) is 32.2 Å². The van der Waals surface area contributed by atoms with E-state index < -0.39 is 0 Å². The van der Waals surface area contributed by atoms with Crippen LogP contribution in [0.3, 0.4) is 0 Å². The zero-order chi connectivity index (χ0) is 14.8. The van der Waals surface area contributed by atoms with Crippen molar-refractivity contribution in [3.05, 3.63) is 66.3 Å². The van der Waals surface area contributed by atoms with Crippen molar-refractivity contribution in [2.75, 3.05) is 0 Å². The lowest BCUT2D eigenvalue weighted by Crippen LogP contribution is -1.91. The fraction of sp³-hybridized carbons (Fsp3) is 0.118. The van der Waals surface area contributed by atoms with Crippen LogP contribution in [-0.2, 0) is 12.8 Å². The standard InChI is InChI=1S/C17H14N4O/c1-2-4-12(5-3-1)6-9-16-20-17(21-22-16)13-7-8-14-15(10-13)19-11-18-14/h1-5,7-8,10-11H,6,9H2,(H,18,19). The molecule has 0 saturated carbocycles. The second-order valence-electron chi connectivity index (χ2n) is 5.13. The lowest BCUT2D eigenvalue weighted by atomic mass is 10.1. The Morgan fingerprint density at radius 3 is 2.82 bits per heavy atom. The van der Waals surface area contributed by atoms with Crippen LogP contribution in [0.2, 0.25) is 0 Å². The van der Waals surface area contributed by atoms with E-state index in [9.17, 15) is 0 Å². The second-order valence-corrected chi connectivity index (χ2v) is 5.13. The number of hydrogen-bond acceptors (Lipinski definition) is 4. The molecule has 1 N–H and O–H groups in total. The van der Waals surface area contributed by atoms with Crippen LogP contribution in [0, 0.1) is 0 Å². The number of aromatic nitrogens is 4. The molecule has 0 aliphatic rings. The largest absolute Gasteiger partial charge is 0.345 e. The molecule has 0 atom stereocenters. The molecule has 4 aromatic rings. The fourth-order valence-electron chi connectivity index (χ4n) is 2.44. The summed E-state index contributed by atoms with van der Waals surface area (Å²) in [6, 6.07) is 16.2. The van der Waals surface area contributed by atoms with Gasteiger partial charge in [0.15, 0.2) is 0 Å². The summed E-state index contributed by atoms with van der Waals surface area (Å²) in [5, 5.41) is 4.07. The van der Waals surface area contributed by atoms with Crippen LogP contribution in [0.4, 0.5) is 0 Å². The van der Waals surface area contributed by atoms with E-state index in [1.54, 1.807) is 6.33 Å². The van der Waals surface area contributed by atoms with Gasteiger partial charge in [-0.05, 0) is 30.2 Å². The Bertz CT molecular complexity index is 895. The van der Waals surface area contributed by atoms with E-state index in [-0.39, 0.29) is 0 Å². The average Bonchev–Trinajstić information content (AvgIpc) is 3.22. The monoisotopic (exact) mass is 290 g/mol. The predicted octanol–water partition coefficient (Wildman–Crippen LogP) is 3.40. The Morgan fingerprint density at radius 2 is 1.91 bits per heavy atom. The third-order valence-electron chi connectivity index (χ3n) is 3.62. The van der Waals surface area contributed by atoms with Gasteiger partial charge in [0.2, 0.25) is 11.7 Å². The van der Waals surface area contributed by atoms with Gasteiger partial charge in [-0.25, -0.2) is 4.98 Å². The summed E-state index contributed by atoms with van der Waals surface area (Å²) in [6.45, 7) is 0. The van der Waals surface area contributed by atoms with Crippen LogP contribution < -0.4 is 0 Å². The lowest BCUT2D eigenvalue weighted by Gasteiger charge is -1.96. The highest BCUT2D eigenvalue weighted by Gasteiger charge is 2.10. The number of fused-ring (bicyclic) bond motifs is 1. The van der Waals surface area contributed by atoms with Gasteiger partial charge in [0.05, 0.1) is 17.4 Å². The summed E-state index contributed by atoms with van der Waals surface area (Å²) in [4.78, 5) is 11.8. The molecule has 0 aliphatic carbocycles. The first-order valence-corrected chi connectivity index (χ1v) is 7.18. The Hall–Kier alpha value is -2.95. The number of nitrogens with one attached hydrogen (secondary N) is 1. The van der Waals surface area contributed by atoms with Crippen LogP contribution in [-0.4, -0.2) is 20.1 Å². The van der Waals surface area contributed by atoms with Crippen LogP contribution in [0.5, 0.6) is 0 Å². The van der Waals surface area contributed by atoms with Crippen molar-refractivity contribution in [1.82, 2.24) is 20.1 Å². The Morgan fingerprint density at radius 1 is 1.00 bits per heavy atom. The highest BCUT2D eigenvalue weighted by Crippen LogP contribution is 2.20. The molecule has 0 unspecified atom stereocenters. The summed E-state index contributed by atoms with van der Waals surface area (Å²) in [5.74, 6) is 1.27. The zero-order valence-electron chi connectivity index (χ0n) is 11.9. The molecule has 0 bridgehead atoms. The minimum atomic E-state index is 0.611. The first-order valence-electron chi connectivity index (χ1n) is 7.18. The molecular formula is C17H14N4O. The van der Waals surface area contributed by atoms with Crippen molar-refractivity contribution >= 4 is 11.0 Å². The summed E-state index contributed by atoms with van der Waals surface area (Å²) < 4.78 is 5.35. The number of aromatic amines is 1. The second kappa shape index (κ2) is 5.44. The van der Waals surface area contributed by atoms with Crippen LogP contribution in [0.25, 0.3) is 22.4 Å². The first kappa shape index (κ1) is 12.8. The van der Waals surface area contributed by atoms with Crippen LogP contribution in [0.15, 0.2) is 59.4 Å². The van der Waals surface area contributed by atoms with Crippen molar-refractivity contribution in [3.63, 3.8) is 0 Å². The lowest BCUT2D eigenvalue weighted by molar-refractivity contribution is 0.379. The van der Waals surface area contributed by atoms with Gasteiger partial charge in [-0.2, -0.15) is 4.98 Å². The summed E-state index contributed by atoms with van der Waals surface area (Å²) in [6.07, 6.45) is 3.31. The molecular weight excluding hydrogens is 276 g/mol. The van der Waals surface area contributed by atoms with Crippen LogP contribution in [0.1, 0.15) is 11.5 Å². The number of nitrogens with zero attached hydrogens (tertiary/aromatic N) is 3. The number of aryl methyl sites for hydroxylation is 2. The van der Waals surface area contributed by atoms with E-state index in [1.807, 2.05) is 36.4 Å². The van der Waals surface area contributed by atoms with Crippen molar-refractivity contribution in [2.24, 2.45) is 0 Å². The molecule has 5 nitrogen and oxygen atoms in total. The maximum absolute atomic E-state index is 5.35. The van der Waals surface area contributed by atoms with Crippen molar-refractivity contribution in [3.8, 4) is 11.4 Å². The maximum Gasteiger partial charge on any atom is 0.227 e. The Kier molecular flexibility index (Phi) is 3.16. The zero-order valence-corrected chi connectivity index (χ0v) is 11.9. The number of hydrogen-bond donors (Lipinski definition) is 1. The third kappa shape index (κ3) is 2.48.